The quantitative estimate of drug-likeness (QED) is 0.0735. The molecule has 0 radical (unpaired) electrons. The second-order valence-electron chi connectivity index (χ2n) is 9.75. The predicted octanol–water partition coefficient (Wildman–Crippen LogP) is 0.343. The highest BCUT2D eigenvalue weighted by Crippen LogP contribution is 2.14. The first-order chi connectivity index (χ1) is 19.9. The number of carboxylic acid groups (broad SMARTS) is 3. The summed E-state index contributed by atoms with van der Waals surface area (Å²) < 4.78 is 10.4. The van der Waals surface area contributed by atoms with E-state index >= 15 is 0 Å². The summed E-state index contributed by atoms with van der Waals surface area (Å²) in [6.45, 7) is 4.02. The van der Waals surface area contributed by atoms with Crippen LogP contribution < -0.4 is 16.0 Å². The molecule has 0 heterocycles. The van der Waals surface area contributed by atoms with Crippen LogP contribution in [0.2, 0.25) is 0 Å². The van der Waals surface area contributed by atoms with E-state index in [0.29, 0.717) is 38.8 Å². The van der Waals surface area contributed by atoms with Crippen LogP contribution in [0.15, 0.2) is 0 Å². The first-order valence-electron chi connectivity index (χ1n) is 14.0. The fourth-order valence-corrected chi connectivity index (χ4v) is 3.79. The lowest BCUT2D eigenvalue weighted by Gasteiger charge is -2.16. The SMILES string of the molecule is CC[C@@H](CCCCNC(=O)CC[C@H](NC(=O)CC[C@H](CC(=O)COCCOCCNC(C)=O)C(=O)O)C(=O)O)C(=O)O. The minimum Gasteiger partial charge on any atom is -0.481 e. The van der Waals surface area contributed by atoms with Gasteiger partial charge in [0, 0.05) is 39.3 Å². The Hall–Kier alpha value is -3.59. The molecule has 0 fully saturated rings. The molecule has 15 heteroatoms. The molecule has 0 aromatic rings. The summed E-state index contributed by atoms with van der Waals surface area (Å²) in [7, 11) is 0. The van der Waals surface area contributed by atoms with Crippen LogP contribution in [-0.4, -0.2) is 102 Å². The molecular weight excluding hydrogens is 558 g/mol. The number of carboxylic acids is 3. The maximum atomic E-state index is 12.3. The number of Topliss-reactive ketones (excluding diaryl/α,β-unsaturated/α-hetero) is 1. The summed E-state index contributed by atoms with van der Waals surface area (Å²) in [5.74, 6) is -6.88. The van der Waals surface area contributed by atoms with E-state index in [4.69, 9.17) is 14.6 Å². The van der Waals surface area contributed by atoms with E-state index in [1.54, 1.807) is 6.92 Å². The lowest BCUT2D eigenvalue weighted by molar-refractivity contribution is -0.145. The number of ketones is 1. The van der Waals surface area contributed by atoms with Crippen LogP contribution in [0.4, 0.5) is 0 Å². The molecule has 15 nitrogen and oxygen atoms in total. The molecule has 0 bridgehead atoms. The smallest absolute Gasteiger partial charge is 0.326 e. The topological polar surface area (TPSA) is 235 Å². The zero-order valence-electron chi connectivity index (χ0n) is 24.4. The number of aliphatic carboxylic acids is 3. The maximum absolute atomic E-state index is 12.3. The molecule has 0 aromatic carbocycles. The third kappa shape index (κ3) is 20.3. The molecular formula is C27H45N3O12. The lowest BCUT2D eigenvalue weighted by atomic mass is 9.97. The summed E-state index contributed by atoms with van der Waals surface area (Å²) in [6, 6.07) is -1.36. The first-order valence-corrected chi connectivity index (χ1v) is 14.0. The van der Waals surface area contributed by atoms with Crippen LogP contribution in [0, 0.1) is 11.8 Å². The number of amides is 3. The zero-order valence-corrected chi connectivity index (χ0v) is 24.4. The molecule has 3 atom stereocenters. The molecule has 0 unspecified atom stereocenters. The Kier molecular flexibility index (Phi) is 21.1. The molecule has 0 aliphatic rings. The molecule has 42 heavy (non-hydrogen) atoms. The normalized spacial score (nSPS) is 12.9. The van der Waals surface area contributed by atoms with Crippen molar-refractivity contribution in [1.82, 2.24) is 16.0 Å². The molecule has 3 amide bonds. The number of carbonyl (C=O) groups excluding carboxylic acids is 4. The Morgan fingerprint density at radius 1 is 0.690 bits per heavy atom. The molecule has 0 saturated heterocycles. The van der Waals surface area contributed by atoms with Gasteiger partial charge in [-0.25, -0.2) is 4.79 Å². The number of carbonyl (C=O) groups is 7. The molecule has 0 rings (SSSR count). The van der Waals surface area contributed by atoms with E-state index < -0.39 is 53.4 Å². The van der Waals surface area contributed by atoms with Gasteiger partial charge in [-0.2, -0.15) is 0 Å². The van der Waals surface area contributed by atoms with Crippen molar-refractivity contribution in [3.05, 3.63) is 0 Å². The van der Waals surface area contributed by atoms with Crippen molar-refractivity contribution in [3.8, 4) is 0 Å². The summed E-state index contributed by atoms with van der Waals surface area (Å²) in [6.07, 6.45) is 0.951. The number of hydrogen-bond donors (Lipinski definition) is 6. The van der Waals surface area contributed by atoms with Crippen LogP contribution in [0.25, 0.3) is 0 Å². The van der Waals surface area contributed by atoms with Crippen LogP contribution in [0.1, 0.15) is 71.6 Å². The summed E-state index contributed by atoms with van der Waals surface area (Å²) >= 11 is 0. The van der Waals surface area contributed by atoms with Crippen molar-refractivity contribution in [2.45, 2.75) is 77.7 Å². The van der Waals surface area contributed by atoms with Gasteiger partial charge < -0.3 is 40.7 Å². The van der Waals surface area contributed by atoms with Gasteiger partial charge in [-0.1, -0.05) is 13.3 Å². The van der Waals surface area contributed by atoms with Crippen molar-refractivity contribution in [1.29, 1.82) is 0 Å². The van der Waals surface area contributed by atoms with Crippen LogP contribution >= 0.6 is 0 Å². The lowest BCUT2D eigenvalue weighted by Crippen LogP contribution is -2.42. The van der Waals surface area contributed by atoms with Gasteiger partial charge in [-0.05, 0) is 32.1 Å². The summed E-state index contributed by atoms with van der Waals surface area (Å²) in [5, 5.41) is 35.3. The molecule has 0 aliphatic carbocycles. The van der Waals surface area contributed by atoms with Crippen LogP contribution in [0.3, 0.4) is 0 Å². The van der Waals surface area contributed by atoms with E-state index in [1.165, 1.54) is 6.92 Å². The van der Waals surface area contributed by atoms with Crippen molar-refractivity contribution in [3.63, 3.8) is 0 Å². The van der Waals surface area contributed by atoms with Gasteiger partial charge >= 0.3 is 17.9 Å². The van der Waals surface area contributed by atoms with E-state index in [0.717, 1.165) is 0 Å². The van der Waals surface area contributed by atoms with E-state index in [2.05, 4.69) is 16.0 Å². The maximum Gasteiger partial charge on any atom is 0.326 e. The molecule has 0 saturated carbocycles. The van der Waals surface area contributed by atoms with Gasteiger partial charge in [-0.3, -0.25) is 28.8 Å². The third-order valence-corrected chi connectivity index (χ3v) is 6.24. The molecule has 0 aliphatic heterocycles. The van der Waals surface area contributed by atoms with Crippen LogP contribution in [0.5, 0.6) is 0 Å². The van der Waals surface area contributed by atoms with E-state index in [1.807, 2.05) is 0 Å². The average Bonchev–Trinajstić information content (AvgIpc) is 2.91. The Bertz CT molecular complexity index is 896. The van der Waals surface area contributed by atoms with Crippen molar-refractivity contribution < 1.29 is 58.4 Å². The largest absolute Gasteiger partial charge is 0.481 e. The third-order valence-electron chi connectivity index (χ3n) is 6.24. The second-order valence-corrected chi connectivity index (χ2v) is 9.75. The molecule has 240 valence electrons. The highest BCUT2D eigenvalue weighted by molar-refractivity contribution is 5.86. The highest BCUT2D eigenvalue weighted by atomic mass is 16.5. The second kappa shape index (κ2) is 23.0. The predicted molar refractivity (Wildman–Crippen MR) is 147 cm³/mol. The average molecular weight is 604 g/mol. The molecule has 6 N–H and O–H groups in total. The van der Waals surface area contributed by atoms with E-state index in [9.17, 15) is 43.8 Å². The molecule has 0 spiro atoms. The fourth-order valence-electron chi connectivity index (χ4n) is 3.79. The zero-order chi connectivity index (χ0) is 31.9. The van der Waals surface area contributed by atoms with Gasteiger partial charge in [-0.15, -0.1) is 0 Å². The monoisotopic (exact) mass is 603 g/mol. The Balaban J connectivity index is 4.34. The van der Waals surface area contributed by atoms with Crippen molar-refractivity contribution in [2.75, 3.05) is 39.5 Å². The van der Waals surface area contributed by atoms with Gasteiger partial charge in [0.05, 0.1) is 31.7 Å². The number of ether oxygens (including phenoxy) is 2. The minimum absolute atomic E-state index is 0.0900. The number of nitrogens with one attached hydrogen (secondary N) is 3. The summed E-state index contributed by atoms with van der Waals surface area (Å²) in [5.41, 5.74) is 0. The van der Waals surface area contributed by atoms with E-state index in [-0.39, 0.29) is 64.4 Å². The first kappa shape index (κ1) is 38.4. The van der Waals surface area contributed by atoms with Gasteiger partial charge in [0.15, 0.2) is 5.78 Å². The number of rotatable bonds is 26. The standard InChI is InChI=1S/C27H45N3O12/c1-3-19(25(35)36)6-4-5-11-29-23(33)10-8-22(27(39)40)30-24(34)9-7-20(26(37)38)16-21(32)17-42-15-14-41-13-12-28-18(2)31/h19-20,22H,3-17H2,1-2H3,(H,28,31)(H,29,33)(H,30,34)(H,35,36)(H,37,38)(H,39,40)/t19-,20+,22-/m0/s1. The highest BCUT2D eigenvalue weighted by Gasteiger charge is 2.25. The fraction of sp³-hybridized carbons (Fsp3) is 0.741. The van der Waals surface area contributed by atoms with Crippen LogP contribution in [-0.2, 0) is 43.0 Å². The van der Waals surface area contributed by atoms with Crippen molar-refractivity contribution >= 4 is 41.4 Å². The Morgan fingerprint density at radius 3 is 1.93 bits per heavy atom. The van der Waals surface area contributed by atoms with Crippen molar-refractivity contribution in [2.24, 2.45) is 11.8 Å². The Labute approximate surface area is 245 Å². The molecule has 0 aromatic heterocycles. The summed E-state index contributed by atoms with van der Waals surface area (Å²) in [4.78, 5) is 81.3. The van der Waals surface area contributed by atoms with Gasteiger partial charge in [0.25, 0.3) is 0 Å². The van der Waals surface area contributed by atoms with Gasteiger partial charge in [0.1, 0.15) is 12.6 Å². The Morgan fingerprint density at radius 2 is 1.33 bits per heavy atom. The number of hydrogen-bond acceptors (Lipinski definition) is 9. The minimum atomic E-state index is -1.36. The number of unbranched alkanes of at least 4 members (excludes halogenated alkanes) is 1. The van der Waals surface area contributed by atoms with Gasteiger partial charge in [0.2, 0.25) is 17.7 Å².